The Hall–Kier alpha value is -2.66. The fraction of sp³-hybridized carbons (Fsp3) is 0.222. The maximum absolute atomic E-state index is 12.6. The molecule has 0 atom stereocenters. The lowest BCUT2D eigenvalue weighted by Crippen LogP contribution is -2.40. The van der Waals surface area contributed by atoms with Crippen molar-refractivity contribution in [3.05, 3.63) is 54.1 Å². The first kappa shape index (κ1) is 15.2. The molecule has 0 saturated carbocycles. The van der Waals surface area contributed by atoms with Gasteiger partial charge >= 0.3 is 0 Å². The van der Waals surface area contributed by atoms with E-state index < -0.39 is 0 Å². The van der Waals surface area contributed by atoms with Crippen molar-refractivity contribution in [1.29, 1.82) is 0 Å². The van der Waals surface area contributed by atoms with Crippen LogP contribution >= 0.6 is 0 Å². The van der Waals surface area contributed by atoms with Gasteiger partial charge in [-0.3, -0.25) is 14.5 Å². The van der Waals surface area contributed by atoms with Crippen LogP contribution in [0.4, 0.5) is 0 Å². The van der Waals surface area contributed by atoms with Crippen LogP contribution in [-0.2, 0) is 4.74 Å². The summed E-state index contributed by atoms with van der Waals surface area (Å²) in [6.07, 6.45) is 1.54. The van der Waals surface area contributed by atoms with Crippen molar-refractivity contribution in [2.24, 2.45) is 0 Å². The van der Waals surface area contributed by atoms with Crippen LogP contribution in [0.2, 0.25) is 0 Å². The minimum atomic E-state index is -0.304. The lowest BCUT2D eigenvalue weighted by molar-refractivity contribution is 0.0629. The number of carbonyl (C=O) groups excluding carboxylic acids is 2. The van der Waals surface area contributed by atoms with E-state index in [1.807, 2.05) is 6.07 Å². The van der Waals surface area contributed by atoms with E-state index in [1.165, 1.54) is 4.90 Å². The Morgan fingerprint density at radius 2 is 1.83 bits per heavy atom. The van der Waals surface area contributed by atoms with Crippen molar-refractivity contribution < 1.29 is 19.1 Å². The Kier molecular flexibility index (Phi) is 4.12. The van der Waals surface area contributed by atoms with Crippen LogP contribution in [0.5, 0.6) is 5.75 Å². The monoisotopic (exact) mass is 311 g/mol. The first-order valence-corrected chi connectivity index (χ1v) is 7.33. The zero-order valence-electron chi connectivity index (χ0n) is 12.9. The molecule has 0 spiro atoms. The zero-order chi connectivity index (χ0) is 16.4. The van der Waals surface area contributed by atoms with Gasteiger partial charge in [-0.05, 0) is 18.2 Å². The highest BCUT2D eigenvalue weighted by molar-refractivity contribution is 6.26. The lowest BCUT2D eigenvalue weighted by Gasteiger charge is -2.26. The minimum Gasteiger partial charge on any atom is -0.491 e. The van der Waals surface area contributed by atoms with Gasteiger partial charge in [0.25, 0.3) is 11.8 Å². The van der Waals surface area contributed by atoms with Crippen molar-refractivity contribution in [3.8, 4) is 5.75 Å². The van der Waals surface area contributed by atoms with E-state index >= 15 is 0 Å². The van der Waals surface area contributed by atoms with E-state index in [4.69, 9.17) is 9.47 Å². The first-order valence-electron chi connectivity index (χ1n) is 7.33. The third kappa shape index (κ3) is 2.49. The fourth-order valence-corrected chi connectivity index (χ4v) is 2.78. The van der Waals surface area contributed by atoms with Crippen LogP contribution in [0.3, 0.4) is 0 Å². The molecule has 0 unspecified atom stereocenters. The summed E-state index contributed by atoms with van der Waals surface area (Å²) in [5.74, 6) is 0.0319. The first-order chi connectivity index (χ1) is 11.2. The molecule has 1 aliphatic rings. The maximum Gasteiger partial charge on any atom is 0.261 e. The largest absolute Gasteiger partial charge is 0.491 e. The van der Waals surface area contributed by atoms with Crippen molar-refractivity contribution >= 4 is 22.6 Å². The van der Waals surface area contributed by atoms with Gasteiger partial charge in [-0.2, -0.15) is 0 Å². The highest BCUT2D eigenvalue weighted by Gasteiger charge is 2.32. The Morgan fingerprint density at radius 3 is 2.52 bits per heavy atom. The molecule has 0 saturated heterocycles. The fourth-order valence-electron chi connectivity index (χ4n) is 2.78. The quantitative estimate of drug-likeness (QED) is 0.467. The topological polar surface area (TPSA) is 55.8 Å². The molecule has 0 aromatic heterocycles. The second kappa shape index (κ2) is 6.22. The average molecular weight is 311 g/mol. The van der Waals surface area contributed by atoms with E-state index in [1.54, 1.807) is 37.5 Å². The molecule has 0 N–H and O–H groups in total. The summed E-state index contributed by atoms with van der Waals surface area (Å²) in [4.78, 5) is 26.3. The van der Waals surface area contributed by atoms with Gasteiger partial charge in [-0.1, -0.05) is 18.2 Å². The third-order valence-corrected chi connectivity index (χ3v) is 3.81. The van der Waals surface area contributed by atoms with Crippen LogP contribution in [0.25, 0.3) is 10.8 Å². The van der Waals surface area contributed by atoms with E-state index in [0.717, 1.165) is 5.39 Å². The standard InChI is InChI=1S/C18H17NO4/c1-3-9-19-17(20)13-6-4-5-12-15(23-11-10-22-2)8-7-14(16(12)13)18(19)21/h3-8H,1,9-11H2,2H3. The Bertz CT molecular complexity index is 775. The van der Waals surface area contributed by atoms with E-state index in [-0.39, 0.29) is 18.4 Å². The van der Waals surface area contributed by atoms with Gasteiger partial charge in [0.1, 0.15) is 12.4 Å². The molecule has 0 aliphatic carbocycles. The van der Waals surface area contributed by atoms with Gasteiger partial charge in [0, 0.05) is 35.6 Å². The molecular formula is C18H17NO4. The van der Waals surface area contributed by atoms with Crippen LogP contribution < -0.4 is 4.74 Å². The minimum absolute atomic E-state index is 0.194. The molecule has 2 amide bonds. The van der Waals surface area contributed by atoms with Gasteiger partial charge in [0.05, 0.1) is 6.61 Å². The van der Waals surface area contributed by atoms with Gasteiger partial charge in [-0.15, -0.1) is 6.58 Å². The summed E-state index contributed by atoms with van der Waals surface area (Å²) in [6, 6.07) is 8.85. The molecular weight excluding hydrogens is 294 g/mol. The SMILES string of the molecule is C=CCN1C(=O)c2cccc3c(OCCOC)ccc(c23)C1=O. The Morgan fingerprint density at radius 1 is 1.09 bits per heavy atom. The second-order valence-corrected chi connectivity index (χ2v) is 5.19. The van der Waals surface area contributed by atoms with Crippen molar-refractivity contribution in [2.75, 3.05) is 26.9 Å². The molecule has 0 radical (unpaired) electrons. The smallest absolute Gasteiger partial charge is 0.261 e. The highest BCUT2D eigenvalue weighted by Crippen LogP contribution is 2.35. The maximum atomic E-state index is 12.6. The molecule has 0 fully saturated rings. The summed E-state index contributed by atoms with van der Waals surface area (Å²) < 4.78 is 10.7. The number of hydrogen-bond acceptors (Lipinski definition) is 4. The molecule has 1 heterocycles. The van der Waals surface area contributed by atoms with Gasteiger partial charge < -0.3 is 9.47 Å². The Labute approximate surface area is 134 Å². The predicted molar refractivity (Wildman–Crippen MR) is 86.9 cm³/mol. The zero-order valence-corrected chi connectivity index (χ0v) is 12.9. The van der Waals surface area contributed by atoms with Gasteiger partial charge in [0.2, 0.25) is 0 Å². The number of hydrogen-bond donors (Lipinski definition) is 0. The highest BCUT2D eigenvalue weighted by atomic mass is 16.5. The van der Waals surface area contributed by atoms with Crippen LogP contribution in [0, 0.1) is 0 Å². The Balaban J connectivity index is 2.13. The second-order valence-electron chi connectivity index (χ2n) is 5.19. The molecule has 5 heteroatoms. The van der Waals surface area contributed by atoms with Gasteiger partial charge in [-0.25, -0.2) is 0 Å². The van der Waals surface area contributed by atoms with E-state index in [9.17, 15) is 9.59 Å². The number of imide groups is 1. The normalized spacial score (nSPS) is 13.5. The summed E-state index contributed by atoms with van der Waals surface area (Å²) >= 11 is 0. The van der Waals surface area contributed by atoms with Crippen LogP contribution in [-0.4, -0.2) is 43.6 Å². The van der Waals surface area contributed by atoms with Crippen molar-refractivity contribution in [3.63, 3.8) is 0 Å². The summed E-state index contributed by atoms with van der Waals surface area (Å²) in [5.41, 5.74) is 1.02. The average Bonchev–Trinajstić information content (AvgIpc) is 2.57. The molecule has 5 nitrogen and oxygen atoms in total. The van der Waals surface area contributed by atoms with Crippen molar-refractivity contribution in [2.45, 2.75) is 0 Å². The van der Waals surface area contributed by atoms with E-state index in [0.29, 0.717) is 35.5 Å². The summed E-state index contributed by atoms with van der Waals surface area (Å²) in [7, 11) is 1.60. The lowest BCUT2D eigenvalue weighted by atomic mass is 9.93. The van der Waals surface area contributed by atoms with Crippen LogP contribution in [0.15, 0.2) is 43.0 Å². The van der Waals surface area contributed by atoms with Gasteiger partial charge in [0.15, 0.2) is 0 Å². The third-order valence-electron chi connectivity index (χ3n) is 3.81. The number of benzene rings is 2. The predicted octanol–water partition coefficient (Wildman–Crippen LogP) is 2.65. The molecule has 1 aliphatic heterocycles. The van der Waals surface area contributed by atoms with Crippen molar-refractivity contribution in [1.82, 2.24) is 4.90 Å². The molecule has 0 bridgehead atoms. The molecule has 118 valence electrons. The number of amides is 2. The molecule has 2 aromatic carbocycles. The molecule has 3 rings (SSSR count). The number of carbonyl (C=O) groups is 2. The number of nitrogens with zero attached hydrogens (tertiary/aromatic N) is 1. The number of ether oxygens (including phenoxy) is 2. The summed E-state index contributed by atoms with van der Waals surface area (Å²) in [6.45, 7) is 4.67. The number of methoxy groups -OCH3 is 1. The van der Waals surface area contributed by atoms with E-state index in [2.05, 4.69) is 6.58 Å². The van der Waals surface area contributed by atoms with Crippen LogP contribution in [0.1, 0.15) is 20.7 Å². The molecule has 2 aromatic rings. The molecule has 23 heavy (non-hydrogen) atoms. The number of rotatable bonds is 6. The summed E-state index contributed by atoms with van der Waals surface area (Å²) in [5, 5.41) is 1.41.